The highest BCUT2D eigenvalue weighted by Gasteiger charge is 2.35. The maximum Gasteiger partial charge on any atom is 0.253 e. The monoisotopic (exact) mass is 348 g/mol. The van der Waals surface area contributed by atoms with Crippen molar-refractivity contribution in [3.05, 3.63) is 29.3 Å². The molecule has 5 nitrogen and oxygen atoms in total. The van der Waals surface area contributed by atoms with Gasteiger partial charge in [-0.2, -0.15) is 0 Å². The first-order chi connectivity index (χ1) is 11.3. The zero-order chi connectivity index (χ0) is 17.5. The van der Waals surface area contributed by atoms with E-state index in [4.69, 9.17) is 0 Å². The Kier molecular flexibility index (Phi) is 4.51. The van der Waals surface area contributed by atoms with Crippen LogP contribution in [0.5, 0.6) is 0 Å². The molecule has 0 spiro atoms. The van der Waals surface area contributed by atoms with Crippen LogP contribution in [-0.2, 0) is 22.0 Å². The Bertz CT molecular complexity index is 714. The van der Waals surface area contributed by atoms with Gasteiger partial charge < -0.3 is 9.80 Å². The van der Waals surface area contributed by atoms with E-state index < -0.39 is 10.8 Å². The summed E-state index contributed by atoms with van der Waals surface area (Å²) in [7, 11) is -0.894. The van der Waals surface area contributed by atoms with Crippen LogP contribution in [0.25, 0.3) is 0 Å². The molecule has 1 atom stereocenters. The molecule has 2 aliphatic heterocycles. The highest BCUT2D eigenvalue weighted by molar-refractivity contribution is 7.86. The van der Waals surface area contributed by atoms with Crippen LogP contribution < -0.4 is 4.90 Å². The van der Waals surface area contributed by atoms with Crippen LogP contribution in [0, 0.1) is 0 Å². The lowest BCUT2D eigenvalue weighted by atomic mass is 9.98. The second kappa shape index (κ2) is 6.31. The first kappa shape index (κ1) is 17.1. The summed E-state index contributed by atoms with van der Waals surface area (Å²) >= 11 is 0. The SMILES string of the molecule is CC(=O)N1CCCc2cc(C(=O)N3CC[S@](=O)C(C)(C)C3)ccc21. The van der Waals surface area contributed by atoms with Gasteiger partial charge in [-0.15, -0.1) is 0 Å². The van der Waals surface area contributed by atoms with Crippen LogP contribution in [0.2, 0.25) is 0 Å². The molecule has 1 aromatic carbocycles. The second-order valence-corrected chi connectivity index (χ2v) is 9.36. The smallest absolute Gasteiger partial charge is 0.253 e. The quantitative estimate of drug-likeness (QED) is 0.780. The predicted octanol–water partition coefficient (Wildman–Crippen LogP) is 1.97. The molecule has 2 aliphatic rings. The van der Waals surface area contributed by atoms with Gasteiger partial charge in [0.2, 0.25) is 5.91 Å². The number of rotatable bonds is 1. The molecule has 3 rings (SSSR count). The van der Waals surface area contributed by atoms with Crippen LogP contribution in [0.3, 0.4) is 0 Å². The highest BCUT2D eigenvalue weighted by atomic mass is 32.2. The Morgan fingerprint density at radius 2 is 1.96 bits per heavy atom. The number of amides is 2. The van der Waals surface area contributed by atoms with E-state index in [0.717, 1.165) is 30.6 Å². The Hall–Kier alpha value is -1.69. The summed E-state index contributed by atoms with van der Waals surface area (Å²) in [5.41, 5.74) is 2.63. The summed E-state index contributed by atoms with van der Waals surface area (Å²) in [6.07, 6.45) is 1.80. The highest BCUT2D eigenvalue weighted by Crippen LogP contribution is 2.29. The van der Waals surface area contributed by atoms with E-state index in [1.54, 1.807) is 22.8 Å². The van der Waals surface area contributed by atoms with E-state index in [9.17, 15) is 13.8 Å². The zero-order valence-electron chi connectivity index (χ0n) is 14.5. The summed E-state index contributed by atoms with van der Waals surface area (Å²) < 4.78 is 11.7. The molecule has 0 N–H and O–H groups in total. The molecule has 0 aromatic heterocycles. The Morgan fingerprint density at radius 1 is 1.21 bits per heavy atom. The molecule has 2 amide bonds. The molecule has 130 valence electrons. The molecule has 1 aromatic rings. The first-order valence-corrected chi connectivity index (χ1v) is 9.70. The van der Waals surface area contributed by atoms with Gasteiger partial charge in [0, 0.05) is 54.4 Å². The lowest BCUT2D eigenvalue weighted by Gasteiger charge is -2.37. The largest absolute Gasteiger partial charge is 0.336 e. The fraction of sp³-hybridized carbons (Fsp3) is 0.556. The van der Waals surface area contributed by atoms with Gasteiger partial charge in [0.25, 0.3) is 5.91 Å². The number of nitrogens with zero attached hydrogens (tertiary/aromatic N) is 2. The molecule has 0 unspecified atom stereocenters. The number of fused-ring (bicyclic) bond motifs is 1. The molecular formula is C18H24N2O3S. The lowest BCUT2D eigenvalue weighted by molar-refractivity contribution is -0.116. The molecule has 6 heteroatoms. The van der Waals surface area contributed by atoms with Crippen LogP contribution in [0.1, 0.15) is 43.1 Å². The summed E-state index contributed by atoms with van der Waals surface area (Å²) in [6.45, 7) is 7.24. The van der Waals surface area contributed by atoms with E-state index >= 15 is 0 Å². The van der Waals surface area contributed by atoms with E-state index in [1.165, 1.54) is 0 Å². The average molecular weight is 348 g/mol. The molecule has 0 bridgehead atoms. The van der Waals surface area contributed by atoms with Gasteiger partial charge in [-0.05, 0) is 50.5 Å². The summed E-state index contributed by atoms with van der Waals surface area (Å²) in [6, 6.07) is 5.61. The van der Waals surface area contributed by atoms with Crippen molar-refractivity contribution in [2.75, 3.05) is 30.3 Å². The fourth-order valence-corrected chi connectivity index (χ4v) is 4.73. The number of benzene rings is 1. The van der Waals surface area contributed by atoms with E-state index in [1.807, 2.05) is 26.0 Å². The second-order valence-electron chi connectivity index (χ2n) is 7.15. The molecule has 24 heavy (non-hydrogen) atoms. The maximum absolute atomic E-state index is 12.8. The third kappa shape index (κ3) is 3.11. The summed E-state index contributed by atoms with van der Waals surface area (Å²) in [5, 5.41) is 0. The van der Waals surface area contributed by atoms with Crippen molar-refractivity contribution in [2.24, 2.45) is 0 Å². The van der Waals surface area contributed by atoms with Gasteiger partial charge in [0.05, 0.1) is 4.75 Å². The Labute approximate surface area is 145 Å². The number of hydrogen-bond donors (Lipinski definition) is 0. The normalized spacial score (nSPS) is 22.9. The zero-order valence-corrected chi connectivity index (χ0v) is 15.3. The molecule has 0 saturated carbocycles. The van der Waals surface area contributed by atoms with Crippen LogP contribution in [0.15, 0.2) is 18.2 Å². The van der Waals surface area contributed by atoms with E-state index in [0.29, 0.717) is 24.4 Å². The third-order valence-electron chi connectivity index (χ3n) is 4.85. The minimum Gasteiger partial charge on any atom is -0.336 e. The van der Waals surface area contributed by atoms with Crippen molar-refractivity contribution >= 4 is 28.3 Å². The lowest BCUT2D eigenvalue weighted by Crippen LogP contribution is -2.52. The number of carbonyl (C=O) groups is 2. The molecular weight excluding hydrogens is 324 g/mol. The molecule has 0 aliphatic carbocycles. The van der Waals surface area contributed by atoms with Crippen molar-refractivity contribution in [1.29, 1.82) is 0 Å². The Morgan fingerprint density at radius 3 is 2.62 bits per heavy atom. The average Bonchev–Trinajstić information content (AvgIpc) is 2.55. The van der Waals surface area contributed by atoms with E-state index in [-0.39, 0.29) is 16.6 Å². The topological polar surface area (TPSA) is 57.7 Å². The van der Waals surface area contributed by atoms with Gasteiger partial charge >= 0.3 is 0 Å². The van der Waals surface area contributed by atoms with Gasteiger partial charge in [-0.25, -0.2) is 0 Å². The molecule has 1 fully saturated rings. The summed E-state index contributed by atoms with van der Waals surface area (Å²) in [5.74, 6) is 0.555. The van der Waals surface area contributed by atoms with Gasteiger partial charge in [0.15, 0.2) is 0 Å². The molecule has 1 saturated heterocycles. The summed E-state index contributed by atoms with van der Waals surface area (Å²) in [4.78, 5) is 28.2. The number of hydrogen-bond acceptors (Lipinski definition) is 3. The molecule has 2 heterocycles. The third-order valence-corrected chi connectivity index (χ3v) is 6.76. The van der Waals surface area contributed by atoms with Gasteiger partial charge in [-0.1, -0.05) is 0 Å². The van der Waals surface area contributed by atoms with Crippen LogP contribution in [-0.4, -0.2) is 51.1 Å². The fourth-order valence-electron chi connectivity index (χ4n) is 3.49. The van der Waals surface area contributed by atoms with Crippen molar-refractivity contribution < 1.29 is 13.8 Å². The van der Waals surface area contributed by atoms with Gasteiger partial charge in [-0.3, -0.25) is 13.8 Å². The number of anilines is 1. The number of carbonyl (C=O) groups excluding carboxylic acids is 2. The maximum atomic E-state index is 12.8. The minimum absolute atomic E-state index is 0.0116. The van der Waals surface area contributed by atoms with Crippen LogP contribution >= 0.6 is 0 Å². The van der Waals surface area contributed by atoms with Crippen molar-refractivity contribution in [1.82, 2.24) is 4.90 Å². The van der Waals surface area contributed by atoms with Crippen molar-refractivity contribution in [2.45, 2.75) is 38.4 Å². The first-order valence-electron chi connectivity index (χ1n) is 8.38. The van der Waals surface area contributed by atoms with Gasteiger partial charge in [0.1, 0.15) is 0 Å². The van der Waals surface area contributed by atoms with E-state index in [2.05, 4.69) is 0 Å². The van der Waals surface area contributed by atoms with Crippen molar-refractivity contribution in [3.8, 4) is 0 Å². The minimum atomic E-state index is -0.894. The standard InChI is InChI=1S/C18H24N2O3S/c1-13(21)20-8-4-5-14-11-15(6-7-16(14)20)17(22)19-9-10-24(23)18(2,3)12-19/h6-7,11H,4-5,8-10,12H2,1-3H3/t24-/m0/s1. The van der Waals surface area contributed by atoms with Crippen molar-refractivity contribution in [3.63, 3.8) is 0 Å². The number of aryl methyl sites for hydroxylation is 1. The van der Waals surface area contributed by atoms with Crippen LogP contribution in [0.4, 0.5) is 5.69 Å². The predicted molar refractivity (Wildman–Crippen MR) is 95.8 cm³/mol. The Balaban J connectivity index is 1.84. The molecule has 0 radical (unpaired) electrons.